The number of nitrogens with zero attached hydrogens (tertiary/aromatic N) is 2. The highest BCUT2D eigenvalue weighted by atomic mass is 32.1. The summed E-state index contributed by atoms with van der Waals surface area (Å²) in [6.07, 6.45) is -3.00. The van der Waals surface area contributed by atoms with Gasteiger partial charge in [0.25, 0.3) is 0 Å². The Bertz CT molecular complexity index is 1150. The van der Waals surface area contributed by atoms with Gasteiger partial charge in [0, 0.05) is 22.7 Å². The standard InChI is InChI=1S/C23H23F3N4O3S/c1-3-32-19-9-8-15(20(12-19)33-4-2)13-27-30-21(31)11-18-14-34-22(29-18)28-17-7-5-6-16(10-17)23(24,25)26/h5-10,12-14H,3-4,11H2,1-2H3,(H,28,29)(H,30,31). The van der Waals surface area contributed by atoms with Crippen LogP contribution in [0.3, 0.4) is 0 Å². The highest BCUT2D eigenvalue weighted by Crippen LogP contribution is 2.32. The van der Waals surface area contributed by atoms with E-state index in [2.05, 4.69) is 20.8 Å². The average molecular weight is 493 g/mol. The number of ether oxygens (including phenoxy) is 2. The number of halogens is 3. The fourth-order valence-electron chi connectivity index (χ4n) is 2.88. The zero-order valence-electron chi connectivity index (χ0n) is 18.5. The lowest BCUT2D eigenvalue weighted by atomic mass is 10.2. The van der Waals surface area contributed by atoms with E-state index in [1.807, 2.05) is 13.8 Å². The predicted octanol–water partition coefficient (Wildman–Crippen LogP) is 5.40. The van der Waals surface area contributed by atoms with Crippen molar-refractivity contribution in [2.24, 2.45) is 5.10 Å². The van der Waals surface area contributed by atoms with Gasteiger partial charge in [-0.1, -0.05) is 6.07 Å². The lowest BCUT2D eigenvalue weighted by molar-refractivity contribution is -0.137. The summed E-state index contributed by atoms with van der Waals surface area (Å²) in [5.41, 5.74) is 3.07. The van der Waals surface area contributed by atoms with E-state index >= 15 is 0 Å². The fraction of sp³-hybridized carbons (Fsp3) is 0.261. The number of hydrogen-bond acceptors (Lipinski definition) is 7. The molecule has 34 heavy (non-hydrogen) atoms. The molecule has 0 aliphatic heterocycles. The molecule has 1 heterocycles. The topological polar surface area (TPSA) is 84.8 Å². The minimum atomic E-state index is -4.43. The van der Waals surface area contributed by atoms with Crippen LogP contribution in [-0.2, 0) is 17.4 Å². The summed E-state index contributed by atoms with van der Waals surface area (Å²) in [6, 6.07) is 10.1. The van der Waals surface area contributed by atoms with Gasteiger partial charge in [0.2, 0.25) is 5.91 Å². The number of hydrogen-bond donors (Lipinski definition) is 2. The SMILES string of the molecule is CCOc1ccc(C=NNC(=O)Cc2csc(Nc3cccc(C(F)(F)F)c3)n2)c(OCC)c1. The van der Waals surface area contributed by atoms with Crippen LogP contribution in [0.1, 0.15) is 30.7 Å². The van der Waals surface area contributed by atoms with E-state index in [1.54, 1.807) is 23.6 Å². The van der Waals surface area contributed by atoms with Gasteiger partial charge in [0.05, 0.1) is 37.1 Å². The monoisotopic (exact) mass is 492 g/mol. The number of thiazole rings is 1. The Morgan fingerprint density at radius 1 is 1.15 bits per heavy atom. The summed E-state index contributed by atoms with van der Waals surface area (Å²) in [4.78, 5) is 16.5. The number of carbonyl (C=O) groups is 1. The third-order valence-electron chi connectivity index (χ3n) is 4.32. The van der Waals surface area contributed by atoms with E-state index in [0.717, 1.165) is 12.1 Å². The minimum Gasteiger partial charge on any atom is -0.494 e. The molecule has 0 saturated carbocycles. The molecule has 0 aliphatic rings. The van der Waals surface area contributed by atoms with Crippen molar-refractivity contribution >= 4 is 34.3 Å². The van der Waals surface area contributed by atoms with E-state index in [0.29, 0.717) is 41.1 Å². The highest BCUT2D eigenvalue weighted by Gasteiger charge is 2.30. The van der Waals surface area contributed by atoms with E-state index in [-0.39, 0.29) is 12.1 Å². The Balaban J connectivity index is 1.57. The molecule has 0 atom stereocenters. The van der Waals surface area contributed by atoms with Gasteiger partial charge in [-0.05, 0) is 44.2 Å². The maximum absolute atomic E-state index is 12.9. The fourth-order valence-corrected chi connectivity index (χ4v) is 3.61. The zero-order valence-corrected chi connectivity index (χ0v) is 19.3. The molecule has 0 spiro atoms. The molecule has 3 rings (SSSR count). The quantitative estimate of drug-likeness (QED) is 0.293. The number of aromatic nitrogens is 1. The van der Waals surface area contributed by atoms with Gasteiger partial charge < -0.3 is 14.8 Å². The molecule has 0 aliphatic carbocycles. The van der Waals surface area contributed by atoms with Crippen molar-refractivity contribution in [2.45, 2.75) is 26.4 Å². The molecule has 0 radical (unpaired) electrons. The Labute approximate surface area is 198 Å². The lowest BCUT2D eigenvalue weighted by Crippen LogP contribution is -2.20. The second-order valence-corrected chi connectivity index (χ2v) is 7.74. The van der Waals surface area contributed by atoms with Gasteiger partial charge in [0.1, 0.15) is 11.5 Å². The summed E-state index contributed by atoms with van der Waals surface area (Å²) < 4.78 is 49.6. The predicted molar refractivity (Wildman–Crippen MR) is 125 cm³/mol. The maximum Gasteiger partial charge on any atom is 0.416 e. The van der Waals surface area contributed by atoms with Gasteiger partial charge >= 0.3 is 6.18 Å². The number of hydrazone groups is 1. The van der Waals surface area contributed by atoms with Crippen LogP contribution in [0.5, 0.6) is 11.5 Å². The number of benzene rings is 2. The van der Waals surface area contributed by atoms with Gasteiger partial charge in [-0.25, -0.2) is 10.4 Å². The van der Waals surface area contributed by atoms with Crippen LogP contribution in [-0.4, -0.2) is 30.3 Å². The Hall–Kier alpha value is -3.60. The van der Waals surface area contributed by atoms with E-state index in [1.165, 1.54) is 29.7 Å². The molecule has 0 unspecified atom stereocenters. The molecule has 1 amide bonds. The Morgan fingerprint density at radius 2 is 1.94 bits per heavy atom. The molecule has 11 heteroatoms. The summed E-state index contributed by atoms with van der Waals surface area (Å²) in [6.45, 7) is 4.74. The van der Waals surface area contributed by atoms with Crippen LogP contribution in [0, 0.1) is 0 Å². The van der Waals surface area contributed by atoms with Crippen molar-refractivity contribution in [3.05, 3.63) is 64.7 Å². The highest BCUT2D eigenvalue weighted by molar-refractivity contribution is 7.13. The maximum atomic E-state index is 12.9. The Kier molecular flexibility index (Phi) is 8.47. The number of alkyl halides is 3. The molecule has 3 aromatic rings. The summed E-state index contributed by atoms with van der Waals surface area (Å²) in [7, 11) is 0. The van der Waals surface area contributed by atoms with E-state index in [4.69, 9.17) is 9.47 Å². The number of carbonyl (C=O) groups excluding carboxylic acids is 1. The van der Waals surface area contributed by atoms with Gasteiger partial charge in [-0.15, -0.1) is 11.3 Å². The third-order valence-corrected chi connectivity index (χ3v) is 5.13. The normalized spacial score (nSPS) is 11.4. The second-order valence-electron chi connectivity index (χ2n) is 6.88. The van der Waals surface area contributed by atoms with E-state index < -0.39 is 17.6 Å². The second kappa shape index (κ2) is 11.5. The summed E-state index contributed by atoms with van der Waals surface area (Å²) in [5.74, 6) is 0.859. The Morgan fingerprint density at radius 3 is 2.68 bits per heavy atom. The van der Waals surface area contributed by atoms with Crippen molar-refractivity contribution in [3.8, 4) is 11.5 Å². The van der Waals surface area contributed by atoms with Crippen LogP contribution in [0.4, 0.5) is 24.0 Å². The molecule has 0 fully saturated rings. The summed E-state index contributed by atoms with van der Waals surface area (Å²) >= 11 is 1.18. The number of amides is 1. The first-order valence-electron chi connectivity index (χ1n) is 10.4. The zero-order chi connectivity index (χ0) is 24.6. The number of nitrogens with one attached hydrogen (secondary N) is 2. The third kappa shape index (κ3) is 7.20. The van der Waals surface area contributed by atoms with Crippen LogP contribution in [0.15, 0.2) is 52.9 Å². The minimum absolute atomic E-state index is 0.0420. The van der Waals surface area contributed by atoms with Crippen LogP contribution in [0.25, 0.3) is 0 Å². The van der Waals surface area contributed by atoms with Crippen LogP contribution < -0.4 is 20.2 Å². The molecule has 2 aromatic carbocycles. The first-order valence-corrected chi connectivity index (χ1v) is 11.3. The van der Waals surface area contributed by atoms with Crippen molar-refractivity contribution in [1.29, 1.82) is 0 Å². The number of rotatable bonds is 10. The largest absolute Gasteiger partial charge is 0.494 e. The molecule has 1 aromatic heterocycles. The molecule has 0 bridgehead atoms. The smallest absolute Gasteiger partial charge is 0.416 e. The van der Waals surface area contributed by atoms with Crippen LogP contribution in [0.2, 0.25) is 0 Å². The lowest BCUT2D eigenvalue weighted by Gasteiger charge is -2.10. The van der Waals surface area contributed by atoms with Crippen molar-refractivity contribution in [1.82, 2.24) is 10.4 Å². The molecule has 2 N–H and O–H groups in total. The van der Waals surface area contributed by atoms with Crippen molar-refractivity contribution in [2.75, 3.05) is 18.5 Å². The molecule has 180 valence electrons. The molecule has 7 nitrogen and oxygen atoms in total. The molecule has 0 saturated heterocycles. The van der Waals surface area contributed by atoms with Gasteiger partial charge in [-0.2, -0.15) is 18.3 Å². The van der Waals surface area contributed by atoms with Crippen molar-refractivity contribution in [3.63, 3.8) is 0 Å². The van der Waals surface area contributed by atoms with E-state index in [9.17, 15) is 18.0 Å². The van der Waals surface area contributed by atoms with Gasteiger partial charge in [0.15, 0.2) is 5.13 Å². The molecular formula is C23H23F3N4O3S. The number of anilines is 2. The first-order chi connectivity index (χ1) is 16.3. The molecular weight excluding hydrogens is 469 g/mol. The summed E-state index contributed by atoms with van der Waals surface area (Å²) in [5, 5.41) is 8.83. The van der Waals surface area contributed by atoms with Crippen molar-refractivity contribution < 1.29 is 27.4 Å². The van der Waals surface area contributed by atoms with Crippen LogP contribution >= 0.6 is 11.3 Å². The van der Waals surface area contributed by atoms with Gasteiger partial charge in [-0.3, -0.25) is 4.79 Å². The average Bonchev–Trinajstić information content (AvgIpc) is 3.21. The first kappa shape index (κ1) is 25.0.